The van der Waals surface area contributed by atoms with Gasteiger partial charge in [-0.25, -0.2) is 4.79 Å². The molecule has 0 fully saturated rings. The predicted octanol–water partition coefficient (Wildman–Crippen LogP) is 2.91. The van der Waals surface area contributed by atoms with Crippen LogP contribution in [-0.4, -0.2) is 30.8 Å². The van der Waals surface area contributed by atoms with Crippen molar-refractivity contribution in [3.63, 3.8) is 0 Å². The lowest BCUT2D eigenvalue weighted by atomic mass is 10.1. The van der Waals surface area contributed by atoms with E-state index in [0.29, 0.717) is 6.61 Å². The molecule has 0 bridgehead atoms. The fourth-order valence-electron chi connectivity index (χ4n) is 1.42. The highest BCUT2D eigenvalue weighted by Crippen LogP contribution is 2.11. The summed E-state index contributed by atoms with van der Waals surface area (Å²) in [5, 5.41) is 7.60. The summed E-state index contributed by atoms with van der Waals surface area (Å²) in [5.74, 6) is -0.317. The molecule has 1 aromatic carbocycles. The standard InChI is InChI=1S/C13H18O3.C3H4O2/c1-11(13(14)15-2)7-6-10-16-12-8-4-3-5-9-12;1-2-3(4)5/h3-5,8-9,11H,6-7,10H2,1-2H3;2H,1H2,(H,4,5). The normalized spacial score (nSPS) is 10.6. The Labute approximate surface area is 125 Å². The number of hydrogen-bond acceptors (Lipinski definition) is 4. The summed E-state index contributed by atoms with van der Waals surface area (Å²) in [6, 6.07) is 9.67. The summed E-state index contributed by atoms with van der Waals surface area (Å²) in [5.41, 5.74) is 0. The molecule has 0 aliphatic carbocycles. The fraction of sp³-hybridized carbons (Fsp3) is 0.375. The Kier molecular flexibility index (Phi) is 10.3. The number of ether oxygens (including phenoxy) is 2. The van der Waals surface area contributed by atoms with E-state index < -0.39 is 5.97 Å². The van der Waals surface area contributed by atoms with Gasteiger partial charge in [0.1, 0.15) is 5.75 Å². The van der Waals surface area contributed by atoms with E-state index in [1.807, 2.05) is 37.3 Å². The van der Waals surface area contributed by atoms with Gasteiger partial charge in [-0.2, -0.15) is 0 Å². The summed E-state index contributed by atoms with van der Waals surface area (Å²) >= 11 is 0. The molecule has 0 radical (unpaired) electrons. The molecular weight excluding hydrogens is 272 g/mol. The summed E-state index contributed by atoms with van der Waals surface area (Å²) in [6.45, 7) is 5.46. The molecule has 1 N–H and O–H groups in total. The monoisotopic (exact) mass is 294 g/mol. The number of hydrogen-bond donors (Lipinski definition) is 1. The number of carbonyl (C=O) groups excluding carboxylic acids is 1. The van der Waals surface area contributed by atoms with Gasteiger partial charge < -0.3 is 14.6 Å². The largest absolute Gasteiger partial charge is 0.494 e. The Morgan fingerprint density at radius 2 is 1.90 bits per heavy atom. The van der Waals surface area contributed by atoms with Gasteiger partial charge in [-0.3, -0.25) is 4.79 Å². The van der Waals surface area contributed by atoms with Gasteiger partial charge in [-0.1, -0.05) is 31.7 Å². The van der Waals surface area contributed by atoms with Crippen molar-refractivity contribution >= 4 is 11.9 Å². The number of carboxylic acid groups (broad SMARTS) is 1. The van der Waals surface area contributed by atoms with Crippen LogP contribution in [0.1, 0.15) is 19.8 Å². The molecule has 116 valence electrons. The number of aliphatic carboxylic acids is 1. The van der Waals surface area contributed by atoms with E-state index in [1.54, 1.807) is 0 Å². The van der Waals surface area contributed by atoms with E-state index in [4.69, 9.17) is 9.84 Å². The zero-order chi connectivity index (χ0) is 16.1. The maximum Gasteiger partial charge on any atom is 0.327 e. The molecule has 0 spiro atoms. The summed E-state index contributed by atoms with van der Waals surface area (Å²) in [6.07, 6.45) is 2.48. The van der Waals surface area contributed by atoms with Crippen molar-refractivity contribution in [1.29, 1.82) is 0 Å². The third kappa shape index (κ3) is 10.2. The van der Waals surface area contributed by atoms with Crippen molar-refractivity contribution in [3.05, 3.63) is 43.0 Å². The lowest BCUT2D eigenvalue weighted by Gasteiger charge is -2.09. The summed E-state index contributed by atoms with van der Waals surface area (Å²) < 4.78 is 10.2. The van der Waals surface area contributed by atoms with Crippen LogP contribution in [0.5, 0.6) is 5.75 Å². The van der Waals surface area contributed by atoms with E-state index in [-0.39, 0.29) is 11.9 Å². The third-order valence-corrected chi connectivity index (χ3v) is 2.57. The molecule has 0 aromatic heterocycles. The van der Waals surface area contributed by atoms with Crippen LogP contribution >= 0.6 is 0 Å². The van der Waals surface area contributed by atoms with Crippen molar-refractivity contribution in [2.75, 3.05) is 13.7 Å². The maximum absolute atomic E-state index is 11.1. The van der Waals surface area contributed by atoms with Gasteiger partial charge in [-0.15, -0.1) is 0 Å². The van der Waals surface area contributed by atoms with Crippen LogP contribution in [0.15, 0.2) is 43.0 Å². The molecule has 0 aliphatic heterocycles. The smallest absolute Gasteiger partial charge is 0.327 e. The molecule has 0 saturated heterocycles. The van der Waals surface area contributed by atoms with Crippen LogP contribution in [0.25, 0.3) is 0 Å². The van der Waals surface area contributed by atoms with Crippen LogP contribution in [0, 0.1) is 5.92 Å². The second-order valence-electron chi connectivity index (χ2n) is 4.27. The first-order valence-electron chi connectivity index (χ1n) is 6.62. The Balaban J connectivity index is 0.000000690. The highest BCUT2D eigenvalue weighted by Gasteiger charge is 2.11. The zero-order valence-electron chi connectivity index (χ0n) is 12.5. The number of carbonyl (C=O) groups is 2. The third-order valence-electron chi connectivity index (χ3n) is 2.57. The van der Waals surface area contributed by atoms with Crippen molar-refractivity contribution < 1.29 is 24.2 Å². The summed E-state index contributed by atoms with van der Waals surface area (Å²) in [4.78, 5) is 20.4. The van der Waals surface area contributed by atoms with E-state index in [9.17, 15) is 9.59 Å². The SMILES string of the molecule is C=CC(=O)O.COC(=O)C(C)CCCOc1ccccc1. The molecule has 1 atom stereocenters. The average Bonchev–Trinajstić information content (AvgIpc) is 2.52. The Morgan fingerprint density at radius 3 is 2.38 bits per heavy atom. The number of benzene rings is 1. The lowest BCUT2D eigenvalue weighted by Crippen LogP contribution is -2.13. The molecule has 0 saturated carbocycles. The number of esters is 1. The number of para-hydroxylation sites is 1. The van der Waals surface area contributed by atoms with Gasteiger partial charge in [0.25, 0.3) is 0 Å². The van der Waals surface area contributed by atoms with Crippen molar-refractivity contribution in [3.8, 4) is 5.75 Å². The van der Waals surface area contributed by atoms with Crippen molar-refractivity contribution in [2.45, 2.75) is 19.8 Å². The average molecular weight is 294 g/mol. The van der Waals surface area contributed by atoms with Crippen molar-refractivity contribution in [2.24, 2.45) is 5.92 Å². The van der Waals surface area contributed by atoms with E-state index >= 15 is 0 Å². The van der Waals surface area contributed by atoms with Crippen LogP contribution in [0.3, 0.4) is 0 Å². The molecular formula is C16H22O5. The topological polar surface area (TPSA) is 72.8 Å². The van der Waals surface area contributed by atoms with Gasteiger partial charge >= 0.3 is 11.9 Å². The van der Waals surface area contributed by atoms with Crippen molar-refractivity contribution in [1.82, 2.24) is 0 Å². The van der Waals surface area contributed by atoms with E-state index in [0.717, 1.165) is 24.7 Å². The Morgan fingerprint density at radius 1 is 1.33 bits per heavy atom. The zero-order valence-corrected chi connectivity index (χ0v) is 12.5. The molecule has 5 nitrogen and oxygen atoms in total. The van der Waals surface area contributed by atoms with Crippen LogP contribution in [0.2, 0.25) is 0 Å². The van der Waals surface area contributed by atoms with Crippen LogP contribution in [-0.2, 0) is 14.3 Å². The molecule has 21 heavy (non-hydrogen) atoms. The van der Waals surface area contributed by atoms with Gasteiger partial charge in [0.15, 0.2) is 0 Å². The molecule has 0 aliphatic rings. The molecule has 1 rings (SSSR count). The van der Waals surface area contributed by atoms with Gasteiger partial charge in [0.2, 0.25) is 0 Å². The molecule has 0 heterocycles. The number of carboxylic acids is 1. The molecule has 5 heteroatoms. The highest BCUT2D eigenvalue weighted by molar-refractivity contribution is 5.78. The minimum atomic E-state index is -0.981. The van der Waals surface area contributed by atoms with Crippen LogP contribution < -0.4 is 4.74 Å². The maximum atomic E-state index is 11.1. The summed E-state index contributed by atoms with van der Waals surface area (Å²) in [7, 11) is 1.42. The van der Waals surface area contributed by atoms with Gasteiger partial charge in [-0.05, 0) is 25.0 Å². The number of methoxy groups -OCH3 is 1. The van der Waals surface area contributed by atoms with Gasteiger partial charge in [0, 0.05) is 6.08 Å². The van der Waals surface area contributed by atoms with Crippen LogP contribution in [0.4, 0.5) is 0 Å². The van der Waals surface area contributed by atoms with E-state index in [2.05, 4.69) is 11.3 Å². The van der Waals surface area contributed by atoms with E-state index in [1.165, 1.54) is 7.11 Å². The molecule has 0 amide bonds. The highest BCUT2D eigenvalue weighted by atomic mass is 16.5. The second-order valence-corrected chi connectivity index (χ2v) is 4.27. The second kappa shape index (κ2) is 11.5. The molecule has 1 aromatic rings. The first kappa shape index (κ1) is 18.7. The fourth-order valence-corrected chi connectivity index (χ4v) is 1.42. The minimum absolute atomic E-state index is 0.0515. The molecule has 1 unspecified atom stereocenters. The first-order valence-corrected chi connectivity index (χ1v) is 6.62. The van der Waals surface area contributed by atoms with Gasteiger partial charge in [0.05, 0.1) is 19.6 Å². The lowest BCUT2D eigenvalue weighted by molar-refractivity contribution is -0.145. The minimum Gasteiger partial charge on any atom is -0.494 e. The first-order chi connectivity index (χ1) is 10.0. The Hall–Kier alpha value is -2.30. The Bertz CT molecular complexity index is 428. The number of rotatable bonds is 7. The quantitative estimate of drug-likeness (QED) is 0.475. The predicted molar refractivity (Wildman–Crippen MR) is 80.2 cm³/mol.